The van der Waals surface area contributed by atoms with Crippen molar-refractivity contribution in [3.05, 3.63) is 30.6 Å². The van der Waals surface area contributed by atoms with E-state index in [4.69, 9.17) is 4.74 Å². The van der Waals surface area contributed by atoms with Gasteiger partial charge in [-0.15, -0.1) is 10.2 Å². The van der Waals surface area contributed by atoms with E-state index in [2.05, 4.69) is 39.8 Å². The molecule has 0 unspecified atom stereocenters. The lowest BCUT2D eigenvalue weighted by molar-refractivity contribution is 0.0682. The van der Waals surface area contributed by atoms with Crippen molar-refractivity contribution < 1.29 is 4.74 Å². The van der Waals surface area contributed by atoms with Gasteiger partial charge in [0, 0.05) is 31.5 Å². The highest BCUT2D eigenvalue weighted by atomic mass is 16.5. The second-order valence-corrected chi connectivity index (χ2v) is 5.70. The zero-order valence-corrected chi connectivity index (χ0v) is 12.6. The van der Waals surface area contributed by atoms with Crippen molar-refractivity contribution in [1.29, 1.82) is 0 Å². The van der Waals surface area contributed by atoms with Gasteiger partial charge in [-0.3, -0.25) is 0 Å². The second kappa shape index (κ2) is 6.26. The molecule has 1 aliphatic rings. The monoisotopic (exact) mass is 286 g/mol. The van der Waals surface area contributed by atoms with E-state index < -0.39 is 0 Å². The number of aryl methyl sites for hydroxylation is 1. The van der Waals surface area contributed by atoms with Crippen molar-refractivity contribution >= 4 is 5.69 Å². The molecule has 1 N–H and O–H groups in total. The van der Waals surface area contributed by atoms with Gasteiger partial charge >= 0.3 is 0 Å². The van der Waals surface area contributed by atoms with Gasteiger partial charge in [-0.25, -0.2) is 0 Å². The normalized spacial score (nSPS) is 22.2. The molecule has 0 aliphatic heterocycles. The average Bonchev–Trinajstić information content (AvgIpc) is 2.95. The Balaban J connectivity index is 1.62. The first-order valence-corrected chi connectivity index (χ1v) is 7.50. The number of hydrogen-bond donors (Lipinski definition) is 1. The maximum Gasteiger partial charge on any atom is 0.163 e. The lowest BCUT2D eigenvalue weighted by Gasteiger charge is -2.28. The molecular weight excluding hydrogens is 264 g/mol. The summed E-state index contributed by atoms with van der Waals surface area (Å²) in [7, 11) is 3.76. The maximum atomic E-state index is 5.41. The Morgan fingerprint density at radius 2 is 1.86 bits per heavy atom. The van der Waals surface area contributed by atoms with E-state index in [0.717, 1.165) is 24.2 Å². The van der Waals surface area contributed by atoms with Crippen molar-refractivity contribution in [3.8, 4) is 11.4 Å². The summed E-state index contributed by atoms with van der Waals surface area (Å²) in [5.74, 6) is 0.891. The minimum Gasteiger partial charge on any atom is -0.382 e. The van der Waals surface area contributed by atoms with E-state index in [1.165, 1.54) is 18.5 Å². The van der Waals surface area contributed by atoms with Crippen LogP contribution in [0.25, 0.3) is 11.4 Å². The summed E-state index contributed by atoms with van der Waals surface area (Å²) in [5.41, 5.74) is 2.26. The fourth-order valence-corrected chi connectivity index (χ4v) is 2.94. The predicted octanol–water partition coefficient (Wildman–Crippen LogP) is 2.85. The molecule has 1 heterocycles. The molecule has 3 rings (SSSR count). The van der Waals surface area contributed by atoms with E-state index in [-0.39, 0.29) is 0 Å². The van der Waals surface area contributed by atoms with Gasteiger partial charge in [-0.2, -0.15) is 0 Å². The number of nitrogens with one attached hydrogen (secondary N) is 1. The van der Waals surface area contributed by atoms with Gasteiger partial charge in [0.1, 0.15) is 6.33 Å². The van der Waals surface area contributed by atoms with Gasteiger partial charge in [0.05, 0.1) is 6.10 Å². The maximum absolute atomic E-state index is 5.41. The van der Waals surface area contributed by atoms with Gasteiger partial charge in [-0.05, 0) is 49.9 Å². The molecule has 1 saturated carbocycles. The summed E-state index contributed by atoms with van der Waals surface area (Å²) in [5, 5.41) is 11.7. The van der Waals surface area contributed by atoms with Gasteiger partial charge in [0.2, 0.25) is 0 Å². The molecule has 1 aromatic heterocycles. The zero-order valence-electron chi connectivity index (χ0n) is 12.6. The molecule has 0 atom stereocenters. The summed E-state index contributed by atoms with van der Waals surface area (Å²) in [4.78, 5) is 0. The Morgan fingerprint density at radius 3 is 2.43 bits per heavy atom. The van der Waals surface area contributed by atoms with Crippen LogP contribution in [0.2, 0.25) is 0 Å². The molecule has 0 amide bonds. The second-order valence-electron chi connectivity index (χ2n) is 5.70. The number of rotatable bonds is 4. The summed E-state index contributed by atoms with van der Waals surface area (Å²) < 4.78 is 7.34. The van der Waals surface area contributed by atoms with Crippen LogP contribution in [-0.2, 0) is 11.8 Å². The number of anilines is 1. The quantitative estimate of drug-likeness (QED) is 0.939. The third-order valence-electron chi connectivity index (χ3n) is 4.23. The van der Waals surface area contributed by atoms with E-state index >= 15 is 0 Å². The lowest BCUT2D eigenvalue weighted by Crippen LogP contribution is -2.29. The Hall–Kier alpha value is -1.88. The largest absolute Gasteiger partial charge is 0.382 e. The van der Waals surface area contributed by atoms with Crippen LogP contribution in [0.1, 0.15) is 25.7 Å². The molecule has 0 spiro atoms. The third kappa shape index (κ3) is 3.24. The molecular formula is C16H22N4O. The first kappa shape index (κ1) is 14.1. The standard InChI is InChI=1S/C16H22N4O/c1-20-11-17-19-16(20)12-3-5-13(6-4-12)18-14-7-9-15(21-2)10-8-14/h3-6,11,14-15,18H,7-10H2,1-2H3. The predicted molar refractivity (Wildman–Crippen MR) is 83.1 cm³/mol. The lowest BCUT2D eigenvalue weighted by atomic mass is 9.93. The fourth-order valence-electron chi connectivity index (χ4n) is 2.94. The Bertz CT molecular complexity index is 570. The van der Waals surface area contributed by atoms with Gasteiger partial charge < -0.3 is 14.6 Å². The van der Waals surface area contributed by atoms with Crippen LogP contribution < -0.4 is 5.32 Å². The summed E-state index contributed by atoms with van der Waals surface area (Å²) in [6.07, 6.45) is 6.79. The summed E-state index contributed by atoms with van der Waals surface area (Å²) >= 11 is 0. The number of ether oxygens (including phenoxy) is 1. The molecule has 1 fully saturated rings. The molecule has 0 bridgehead atoms. The van der Waals surface area contributed by atoms with Crippen LogP contribution >= 0.6 is 0 Å². The Kier molecular flexibility index (Phi) is 4.20. The van der Waals surface area contributed by atoms with E-state index in [1.54, 1.807) is 6.33 Å². The smallest absolute Gasteiger partial charge is 0.163 e. The van der Waals surface area contributed by atoms with Crippen molar-refractivity contribution in [2.45, 2.75) is 37.8 Å². The molecule has 1 aromatic carbocycles. The van der Waals surface area contributed by atoms with Crippen LogP contribution in [0.4, 0.5) is 5.69 Å². The van der Waals surface area contributed by atoms with Crippen LogP contribution in [0, 0.1) is 0 Å². The van der Waals surface area contributed by atoms with E-state index in [9.17, 15) is 0 Å². The minimum absolute atomic E-state index is 0.446. The number of nitrogens with zero attached hydrogens (tertiary/aromatic N) is 3. The van der Waals surface area contributed by atoms with Crippen molar-refractivity contribution in [2.75, 3.05) is 12.4 Å². The van der Waals surface area contributed by atoms with Crippen molar-refractivity contribution in [3.63, 3.8) is 0 Å². The first-order valence-electron chi connectivity index (χ1n) is 7.50. The zero-order chi connectivity index (χ0) is 14.7. The van der Waals surface area contributed by atoms with Crippen LogP contribution in [0.3, 0.4) is 0 Å². The molecule has 112 valence electrons. The van der Waals surface area contributed by atoms with E-state index in [0.29, 0.717) is 12.1 Å². The topological polar surface area (TPSA) is 52.0 Å². The number of aromatic nitrogens is 3. The highest BCUT2D eigenvalue weighted by Crippen LogP contribution is 2.25. The minimum atomic E-state index is 0.446. The number of hydrogen-bond acceptors (Lipinski definition) is 4. The molecule has 5 heteroatoms. The molecule has 2 aromatic rings. The molecule has 21 heavy (non-hydrogen) atoms. The molecule has 0 saturated heterocycles. The van der Waals surface area contributed by atoms with Crippen LogP contribution in [0.5, 0.6) is 0 Å². The summed E-state index contributed by atoms with van der Waals surface area (Å²) in [6, 6.07) is 8.97. The van der Waals surface area contributed by atoms with Gasteiger partial charge in [0.25, 0.3) is 0 Å². The molecule has 1 aliphatic carbocycles. The van der Waals surface area contributed by atoms with Crippen molar-refractivity contribution in [1.82, 2.24) is 14.8 Å². The summed E-state index contributed by atoms with van der Waals surface area (Å²) in [6.45, 7) is 0. The number of methoxy groups -OCH3 is 1. The average molecular weight is 286 g/mol. The highest BCUT2D eigenvalue weighted by Gasteiger charge is 2.20. The highest BCUT2D eigenvalue weighted by molar-refractivity contribution is 5.59. The number of benzene rings is 1. The van der Waals surface area contributed by atoms with E-state index in [1.807, 2.05) is 18.7 Å². The van der Waals surface area contributed by atoms with Crippen LogP contribution in [-0.4, -0.2) is 34.0 Å². The SMILES string of the molecule is COC1CCC(Nc2ccc(-c3nncn3C)cc2)CC1. The van der Waals surface area contributed by atoms with Crippen molar-refractivity contribution in [2.24, 2.45) is 7.05 Å². The Labute approximate surface area is 125 Å². The van der Waals surface area contributed by atoms with Gasteiger partial charge in [-0.1, -0.05) is 0 Å². The third-order valence-corrected chi connectivity index (χ3v) is 4.23. The van der Waals surface area contributed by atoms with Gasteiger partial charge in [0.15, 0.2) is 5.82 Å². The van der Waals surface area contributed by atoms with Crippen LogP contribution in [0.15, 0.2) is 30.6 Å². The molecule has 5 nitrogen and oxygen atoms in total. The fraction of sp³-hybridized carbons (Fsp3) is 0.500. The Morgan fingerprint density at radius 1 is 1.14 bits per heavy atom. The first-order chi connectivity index (χ1) is 10.3. The molecule has 0 radical (unpaired) electrons.